The highest BCUT2D eigenvalue weighted by Gasteiger charge is 2.19. The standard InChI is InChI=1S/C11H16N4O/c1-15(8-10-3-2-5-12-10)11(16)9-4-6-13-14-7-9/h4,6-7,10,12H,2-3,5,8H2,1H3. The third-order valence-electron chi connectivity index (χ3n) is 2.83. The molecular weight excluding hydrogens is 204 g/mol. The van der Waals surface area contributed by atoms with E-state index in [2.05, 4.69) is 15.5 Å². The van der Waals surface area contributed by atoms with Crippen LogP contribution in [0.4, 0.5) is 0 Å². The lowest BCUT2D eigenvalue weighted by Gasteiger charge is -2.21. The third-order valence-corrected chi connectivity index (χ3v) is 2.83. The highest BCUT2D eigenvalue weighted by Crippen LogP contribution is 2.08. The van der Waals surface area contributed by atoms with Gasteiger partial charge in [0.15, 0.2) is 0 Å². The van der Waals surface area contributed by atoms with Crippen molar-refractivity contribution in [2.75, 3.05) is 20.1 Å². The minimum Gasteiger partial charge on any atom is -0.340 e. The second-order valence-electron chi connectivity index (χ2n) is 4.11. The monoisotopic (exact) mass is 220 g/mol. The number of hydrogen-bond acceptors (Lipinski definition) is 4. The molecule has 1 saturated heterocycles. The molecule has 1 fully saturated rings. The number of likely N-dealkylation sites (N-methyl/N-ethyl adjacent to an activating group) is 1. The molecule has 16 heavy (non-hydrogen) atoms. The number of amides is 1. The summed E-state index contributed by atoms with van der Waals surface area (Å²) in [5, 5.41) is 10.7. The summed E-state index contributed by atoms with van der Waals surface area (Å²) in [6.45, 7) is 1.81. The molecule has 86 valence electrons. The van der Waals surface area contributed by atoms with Crippen LogP contribution in [0.15, 0.2) is 18.5 Å². The van der Waals surface area contributed by atoms with Crippen molar-refractivity contribution in [2.24, 2.45) is 0 Å². The number of carbonyl (C=O) groups is 1. The first kappa shape index (κ1) is 11.0. The fraction of sp³-hybridized carbons (Fsp3) is 0.545. The average molecular weight is 220 g/mol. The fourth-order valence-corrected chi connectivity index (χ4v) is 1.96. The first-order chi connectivity index (χ1) is 7.77. The zero-order chi connectivity index (χ0) is 11.4. The predicted molar refractivity (Wildman–Crippen MR) is 60.0 cm³/mol. The number of rotatable bonds is 3. The Bertz CT molecular complexity index is 348. The zero-order valence-corrected chi connectivity index (χ0v) is 9.39. The number of carbonyl (C=O) groups excluding carboxylic acids is 1. The van der Waals surface area contributed by atoms with Gasteiger partial charge in [-0.15, -0.1) is 0 Å². The maximum atomic E-state index is 12.0. The third kappa shape index (κ3) is 2.55. The Labute approximate surface area is 94.9 Å². The highest BCUT2D eigenvalue weighted by atomic mass is 16.2. The largest absolute Gasteiger partial charge is 0.340 e. The number of nitrogens with one attached hydrogen (secondary N) is 1. The lowest BCUT2D eigenvalue weighted by atomic mass is 10.2. The molecule has 2 heterocycles. The lowest BCUT2D eigenvalue weighted by molar-refractivity contribution is 0.0783. The smallest absolute Gasteiger partial charge is 0.255 e. The van der Waals surface area contributed by atoms with E-state index in [4.69, 9.17) is 0 Å². The van der Waals surface area contributed by atoms with Gasteiger partial charge in [-0.25, -0.2) is 0 Å². The van der Waals surface area contributed by atoms with Gasteiger partial charge in [-0.1, -0.05) is 0 Å². The highest BCUT2D eigenvalue weighted by molar-refractivity contribution is 5.93. The minimum atomic E-state index is 0.00333. The zero-order valence-electron chi connectivity index (χ0n) is 9.39. The van der Waals surface area contributed by atoms with Crippen LogP contribution in [0.2, 0.25) is 0 Å². The molecule has 1 N–H and O–H groups in total. The fourth-order valence-electron chi connectivity index (χ4n) is 1.96. The molecule has 1 amide bonds. The number of nitrogens with zero attached hydrogens (tertiary/aromatic N) is 3. The Morgan fingerprint density at radius 2 is 2.50 bits per heavy atom. The van der Waals surface area contributed by atoms with Gasteiger partial charge in [0.1, 0.15) is 0 Å². The van der Waals surface area contributed by atoms with Gasteiger partial charge in [-0.2, -0.15) is 10.2 Å². The van der Waals surface area contributed by atoms with E-state index in [1.165, 1.54) is 18.8 Å². The van der Waals surface area contributed by atoms with Crippen LogP contribution < -0.4 is 5.32 Å². The normalized spacial score (nSPS) is 19.7. The quantitative estimate of drug-likeness (QED) is 0.796. The summed E-state index contributed by atoms with van der Waals surface area (Å²) in [5.41, 5.74) is 0.593. The lowest BCUT2D eigenvalue weighted by Crippen LogP contribution is -2.38. The van der Waals surface area contributed by atoms with E-state index in [1.54, 1.807) is 11.0 Å². The second kappa shape index (κ2) is 5.03. The molecule has 0 saturated carbocycles. The van der Waals surface area contributed by atoms with E-state index in [1.807, 2.05) is 7.05 Å². The molecular formula is C11H16N4O. The summed E-state index contributed by atoms with van der Waals surface area (Å²) in [5.74, 6) is 0.00333. The van der Waals surface area contributed by atoms with Crippen LogP contribution in [0, 0.1) is 0 Å². The van der Waals surface area contributed by atoms with Crippen molar-refractivity contribution in [3.05, 3.63) is 24.0 Å². The van der Waals surface area contributed by atoms with Crippen LogP contribution in [0.3, 0.4) is 0 Å². The SMILES string of the molecule is CN(CC1CCCN1)C(=O)c1ccnnc1. The Hall–Kier alpha value is -1.49. The van der Waals surface area contributed by atoms with Gasteiger partial charge in [0, 0.05) is 19.6 Å². The van der Waals surface area contributed by atoms with Crippen LogP contribution in [0.25, 0.3) is 0 Å². The summed E-state index contributed by atoms with van der Waals surface area (Å²) in [7, 11) is 1.82. The molecule has 0 aliphatic carbocycles. The van der Waals surface area contributed by atoms with Gasteiger partial charge in [0.2, 0.25) is 0 Å². The van der Waals surface area contributed by atoms with E-state index in [0.717, 1.165) is 19.5 Å². The van der Waals surface area contributed by atoms with Gasteiger partial charge >= 0.3 is 0 Å². The number of hydrogen-bond donors (Lipinski definition) is 1. The summed E-state index contributed by atoms with van der Waals surface area (Å²) < 4.78 is 0. The summed E-state index contributed by atoms with van der Waals surface area (Å²) in [4.78, 5) is 13.7. The van der Waals surface area contributed by atoms with Gasteiger partial charge in [-0.3, -0.25) is 4.79 Å². The minimum absolute atomic E-state index is 0.00333. The van der Waals surface area contributed by atoms with E-state index in [0.29, 0.717) is 11.6 Å². The van der Waals surface area contributed by atoms with Gasteiger partial charge in [0.25, 0.3) is 5.91 Å². The maximum Gasteiger partial charge on any atom is 0.255 e. The molecule has 1 aromatic rings. The van der Waals surface area contributed by atoms with Crippen molar-refractivity contribution in [3.8, 4) is 0 Å². The second-order valence-corrected chi connectivity index (χ2v) is 4.11. The summed E-state index contributed by atoms with van der Waals surface area (Å²) in [6, 6.07) is 2.12. The van der Waals surface area contributed by atoms with Gasteiger partial charge in [-0.05, 0) is 25.5 Å². The Morgan fingerprint density at radius 3 is 3.12 bits per heavy atom. The van der Waals surface area contributed by atoms with Crippen molar-refractivity contribution >= 4 is 5.91 Å². The molecule has 0 bridgehead atoms. The molecule has 1 atom stereocenters. The molecule has 1 unspecified atom stereocenters. The van der Waals surface area contributed by atoms with Gasteiger partial charge in [0.05, 0.1) is 18.0 Å². The first-order valence-corrected chi connectivity index (χ1v) is 5.53. The van der Waals surface area contributed by atoms with Crippen LogP contribution in [0.5, 0.6) is 0 Å². The van der Waals surface area contributed by atoms with Crippen LogP contribution in [0.1, 0.15) is 23.2 Å². The van der Waals surface area contributed by atoms with Crippen LogP contribution >= 0.6 is 0 Å². The van der Waals surface area contributed by atoms with E-state index in [9.17, 15) is 4.79 Å². The first-order valence-electron chi connectivity index (χ1n) is 5.53. The molecule has 2 rings (SSSR count). The predicted octanol–water partition coefficient (Wildman–Crippen LogP) is 0.301. The molecule has 0 spiro atoms. The van der Waals surface area contributed by atoms with E-state index < -0.39 is 0 Å². The topological polar surface area (TPSA) is 58.1 Å². The van der Waals surface area contributed by atoms with Crippen molar-refractivity contribution < 1.29 is 4.79 Å². The molecule has 1 aliphatic heterocycles. The molecule has 5 heteroatoms. The van der Waals surface area contributed by atoms with Gasteiger partial charge < -0.3 is 10.2 Å². The Morgan fingerprint density at radius 1 is 1.62 bits per heavy atom. The maximum absolute atomic E-state index is 12.0. The van der Waals surface area contributed by atoms with Crippen molar-refractivity contribution in [2.45, 2.75) is 18.9 Å². The van der Waals surface area contributed by atoms with Crippen LogP contribution in [-0.2, 0) is 0 Å². The van der Waals surface area contributed by atoms with E-state index >= 15 is 0 Å². The Balaban J connectivity index is 1.94. The summed E-state index contributed by atoms with van der Waals surface area (Å²) >= 11 is 0. The Kier molecular flexibility index (Phi) is 3.46. The van der Waals surface area contributed by atoms with Crippen molar-refractivity contribution in [3.63, 3.8) is 0 Å². The molecule has 0 aromatic carbocycles. The van der Waals surface area contributed by atoms with Crippen molar-refractivity contribution in [1.82, 2.24) is 20.4 Å². The molecule has 5 nitrogen and oxygen atoms in total. The average Bonchev–Trinajstić information content (AvgIpc) is 2.82. The van der Waals surface area contributed by atoms with Crippen LogP contribution in [-0.4, -0.2) is 47.2 Å². The van der Waals surface area contributed by atoms with Crippen molar-refractivity contribution in [1.29, 1.82) is 0 Å². The van der Waals surface area contributed by atoms with E-state index in [-0.39, 0.29) is 5.91 Å². The molecule has 1 aromatic heterocycles. The molecule has 0 radical (unpaired) electrons. The number of aromatic nitrogens is 2. The summed E-state index contributed by atoms with van der Waals surface area (Å²) in [6.07, 6.45) is 5.38. The molecule has 1 aliphatic rings.